The second-order valence-corrected chi connectivity index (χ2v) is 7.49. The summed E-state index contributed by atoms with van der Waals surface area (Å²) >= 11 is 0. The fraction of sp³-hybridized carbons (Fsp3) is 0.467. The Kier molecular flexibility index (Phi) is 7.41. The van der Waals surface area contributed by atoms with Gasteiger partial charge in [0.2, 0.25) is 0 Å². The number of hydrogen-bond acceptors (Lipinski definition) is 7. The third-order valence-corrected chi connectivity index (χ3v) is 4.67. The molecule has 1 aliphatic heterocycles. The van der Waals surface area contributed by atoms with E-state index >= 15 is 0 Å². The van der Waals surface area contributed by atoms with Crippen LogP contribution in [0.1, 0.15) is 31.8 Å². The number of epoxide rings is 1. The van der Waals surface area contributed by atoms with E-state index in [1.165, 1.54) is 0 Å². The molecule has 28 heavy (non-hydrogen) atoms. The highest BCUT2D eigenvalue weighted by Gasteiger charge is 2.30. The fourth-order valence-corrected chi connectivity index (χ4v) is 2.78. The van der Waals surface area contributed by atoms with Crippen molar-refractivity contribution in [3.8, 4) is 0 Å². The maximum absolute atomic E-state index is 12.6. The lowest BCUT2D eigenvalue weighted by molar-refractivity contribution is 0.0450. The zero-order chi connectivity index (χ0) is 21.1. The van der Waals surface area contributed by atoms with E-state index in [2.05, 4.69) is 0 Å². The van der Waals surface area contributed by atoms with Crippen LogP contribution in [0.3, 0.4) is 0 Å². The second kappa shape index (κ2) is 9.19. The summed E-state index contributed by atoms with van der Waals surface area (Å²) in [6.45, 7) is -0.266. The van der Waals surface area contributed by atoms with E-state index in [1.54, 1.807) is 0 Å². The molecule has 1 atom stereocenters. The molecule has 13 heteroatoms. The lowest BCUT2D eigenvalue weighted by Gasteiger charge is -2.22. The molecule has 1 heterocycles. The zero-order valence-electron chi connectivity index (χ0n) is 14.8. The fourth-order valence-electron chi connectivity index (χ4n) is 2.48. The molecule has 8 nitrogen and oxygen atoms in total. The van der Waals surface area contributed by atoms with Crippen molar-refractivity contribution in [3.63, 3.8) is 0 Å². The largest absolute Gasteiger partial charge is 0.461 e. The third kappa shape index (κ3) is 5.42. The molecular weight excluding hydrogens is 383 g/mol. The molecule has 2 rings (SSSR count). The Morgan fingerprint density at radius 2 is 1.61 bits per heavy atom. The first kappa shape index (κ1) is 22.6. The minimum absolute atomic E-state index is 0.0197. The molecule has 1 N–H and O–H groups in total. The molecule has 0 saturated carbocycles. The van der Waals surface area contributed by atoms with Crippen molar-refractivity contribution in [2.75, 3.05) is 25.6 Å². The van der Waals surface area contributed by atoms with E-state index in [-0.39, 0.29) is 58.5 Å². The quantitative estimate of drug-likeness (QED) is 0.206. The number of ether oxygens (including phenoxy) is 3. The van der Waals surface area contributed by atoms with Gasteiger partial charge in [-0.1, -0.05) is 29.1 Å². The van der Waals surface area contributed by atoms with Crippen molar-refractivity contribution in [3.05, 3.63) is 22.3 Å². The Morgan fingerprint density at radius 3 is 2.11 bits per heavy atom. The van der Waals surface area contributed by atoms with Gasteiger partial charge in [0, 0.05) is 0 Å². The van der Waals surface area contributed by atoms with E-state index in [1.807, 2.05) is 0 Å². The molecule has 0 spiro atoms. The van der Waals surface area contributed by atoms with E-state index in [0.717, 1.165) is 0 Å². The average molecular weight is 398 g/mol. The molecular formula is C15H14B4O8S. The van der Waals surface area contributed by atoms with Crippen molar-refractivity contribution >= 4 is 64.4 Å². The lowest BCUT2D eigenvalue weighted by Crippen LogP contribution is -2.37. The predicted molar refractivity (Wildman–Crippen MR) is 103 cm³/mol. The summed E-state index contributed by atoms with van der Waals surface area (Å²) < 4.78 is 45.3. The van der Waals surface area contributed by atoms with Gasteiger partial charge in [0.15, 0.2) is 0 Å². The molecule has 0 amide bonds. The van der Waals surface area contributed by atoms with Crippen LogP contribution in [0.5, 0.6) is 0 Å². The van der Waals surface area contributed by atoms with E-state index in [0.29, 0.717) is 6.61 Å². The Labute approximate surface area is 168 Å². The Hall–Kier alpha value is -1.71. The molecule has 8 radical (unpaired) electrons. The summed E-state index contributed by atoms with van der Waals surface area (Å²) in [5.41, 5.74) is -0.544. The summed E-state index contributed by atoms with van der Waals surface area (Å²) in [5.74, 6) is -2.86. The highest BCUT2D eigenvalue weighted by Crippen LogP contribution is 2.18. The van der Waals surface area contributed by atoms with Crippen LogP contribution in [-0.2, 0) is 37.0 Å². The number of esters is 2. The highest BCUT2D eigenvalue weighted by atomic mass is 32.2. The van der Waals surface area contributed by atoms with E-state index in [9.17, 15) is 18.0 Å². The molecule has 0 aliphatic carbocycles. The van der Waals surface area contributed by atoms with Gasteiger partial charge in [-0.15, -0.1) is 0 Å². The number of benzene rings is 1. The van der Waals surface area contributed by atoms with Gasteiger partial charge >= 0.3 is 11.9 Å². The molecule has 0 aromatic heterocycles. The first-order valence-electron chi connectivity index (χ1n) is 8.14. The van der Waals surface area contributed by atoms with Gasteiger partial charge in [0.1, 0.15) is 40.8 Å². The van der Waals surface area contributed by atoms with Gasteiger partial charge in [0.05, 0.1) is 33.4 Å². The highest BCUT2D eigenvalue weighted by molar-refractivity contribution is 7.85. The topological polar surface area (TPSA) is 120 Å². The van der Waals surface area contributed by atoms with Crippen LogP contribution in [0.2, 0.25) is 0 Å². The standard InChI is InChI=1S/C15H14B4O8S/c16-3-8-10(14(20)25-1-2-28(22,23)24)11(13(19)9(4-17)12(8)18)15(21)27-6-7-5-26-7/h7H,1-6H2,(H,22,23,24). The SMILES string of the molecule is [B]Cc1c([B])c(C[B])c(C(=O)OCCS(=O)(=O)O)c(C(=O)OCC2CO2)c1[B]. The maximum atomic E-state index is 12.6. The Balaban J connectivity index is 2.46. The minimum Gasteiger partial charge on any atom is -0.461 e. The second-order valence-electron chi connectivity index (χ2n) is 5.92. The van der Waals surface area contributed by atoms with Gasteiger partial charge in [0.25, 0.3) is 10.1 Å². The number of rotatable bonds is 9. The van der Waals surface area contributed by atoms with Crippen LogP contribution in [0.25, 0.3) is 0 Å². The molecule has 1 unspecified atom stereocenters. The van der Waals surface area contributed by atoms with Gasteiger partial charge < -0.3 is 14.2 Å². The van der Waals surface area contributed by atoms with Crippen LogP contribution in [-0.4, -0.2) is 88.0 Å². The van der Waals surface area contributed by atoms with Crippen LogP contribution >= 0.6 is 0 Å². The average Bonchev–Trinajstić information content (AvgIpc) is 3.42. The van der Waals surface area contributed by atoms with Gasteiger partial charge in [-0.3, -0.25) is 4.55 Å². The van der Waals surface area contributed by atoms with Gasteiger partial charge in [-0.25, -0.2) is 9.59 Å². The van der Waals surface area contributed by atoms with Gasteiger partial charge in [-0.05, 0) is 5.56 Å². The van der Waals surface area contributed by atoms with Crippen molar-refractivity contribution < 1.29 is 36.8 Å². The van der Waals surface area contributed by atoms with Crippen molar-refractivity contribution in [2.24, 2.45) is 0 Å². The summed E-state index contributed by atoms with van der Waals surface area (Å²) in [5, 5.41) is 0. The number of carbonyl (C=O) groups is 2. The summed E-state index contributed by atoms with van der Waals surface area (Å²) in [7, 11) is 19.0. The minimum atomic E-state index is -4.36. The van der Waals surface area contributed by atoms with Crippen molar-refractivity contribution in [2.45, 2.75) is 18.7 Å². The molecule has 140 valence electrons. The van der Waals surface area contributed by atoms with Crippen LogP contribution in [0, 0.1) is 0 Å². The van der Waals surface area contributed by atoms with Crippen LogP contribution in [0.4, 0.5) is 0 Å². The Morgan fingerprint density at radius 1 is 1.04 bits per heavy atom. The molecule has 0 bridgehead atoms. The van der Waals surface area contributed by atoms with E-state index < -0.39 is 34.4 Å². The molecule has 1 aromatic rings. The smallest absolute Gasteiger partial charge is 0.339 e. The summed E-state index contributed by atoms with van der Waals surface area (Å²) in [4.78, 5) is 25.1. The van der Waals surface area contributed by atoms with Crippen molar-refractivity contribution in [1.29, 1.82) is 0 Å². The number of hydrogen-bond donors (Lipinski definition) is 1. The number of carbonyl (C=O) groups excluding carboxylic acids is 2. The zero-order valence-corrected chi connectivity index (χ0v) is 15.7. The van der Waals surface area contributed by atoms with Gasteiger partial charge in [-0.2, -0.15) is 8.42 Å². The van der Waals surface area contributed by atoms with Crippen molar-refractivity contribution in [1.82, 2.24) is 0 Å². The first-order valence-corrected chi connectivity index (χ1v) is 9.75. The van der Waals surface area contributed by atoms with Crippen LogP contribution in [0.15, 0.2) is 0 Å². The summed E-state index contributed by atoms with van der Waals surface area (Å²) in [6.07, 6.45) is -0.616. The molecule has 1 fully saturated rings. The van der Waals surface area contributed by atoms with Crippen LogP contribution < -0.4 is 10.9 Å². The molecule has 1 aromatic carbocycles. The lowest BCUT2D eigenvalue weighted by atomic mass is 9.68. The summed E-state index contributed by atoms with van der Waals surface area (Å²) in [6, 6.07) is 0. The normalized spacial score (nSPS) is 15.8. The van der Waals surface area contributed by atoms with E-state index in [4.69, 9.17) is 50.1 Å². The Bertz CT molecular complexity index is 883. The maximum Gasteiger partial charge on any atom is 0.339 e. The molecule has 1 aliphatic rings. The monoisotopic (exact) mass is 398 g/mol. The first-order chi connectivity index (χ1) is 13.1. The molecule has 1 saturated heterocycles. The predicted octanol–water partition coefficient (Wildman–Crippen LogP) is -2.79. The third-order valence-electron chi connectivity index (χ3n) is 3.99.